The minimum absolute atomic E-state index is 0.100. The van der Waals surface area contributed by atoms with E-state index in [0.717, 1.165) is 38.5 Å². The second kappa shape index (κ2) is 8.64. The molecular formula is C16H25N3O2. The lowest BCUT2D eigenvalue weighted by Crippen LogP contribution is -2.41. The number of morpholine rings is 1. The molecule has 1 fully saturated rings. The Morgan fingerprint density at radius 2 is 2.10 bits per heavy atom. The topological polar surface area (TPSA) is 53.6 Å². The van der Waals surface area contributed by atoms with Crippen LogP contribution in [0.5, 0.6) is 0 Å². The molecule has 0 atom stereocenters. The lowest BCUT2D eigenvalue weighted by molar-refractivity contribution is -0.120. The second-order valence-electron chi connectivity index (χ2n) is 5.35. The van der Waals surface area contributed by atoms with Crippen LogP contribution in [0.2, 0.25) is 0 Å². The van der Waals surface area contributed by atoms with Crippen LogP contribution in [0.15, 0.2) is 24.3 Å². The molecule has 1 aliphatic rings. The lowest BCUT2D eigenvalue weighted by Gasteiger charge is -2.26. The Kier molecular flexibility index (Phi) is 6.50. The molecule has 2 N–H and O–H groups in total. The number of ether oxygens (including phenoxy) is 1. The van der Waals surface area contributed by atoms with Crippen LogP contribution in [-0.2, 0) is 9.53 Å². The summed E-state index contributed by atoms with van der Waals surface area (Å²) in [7, 11) is 0. The fourth-order valence-corrected chi connectivity index (χ4v) is 2.34. The SMILES string of the molecule is Cc1cccc(NCCC(=O)NCCN2CCOCC2)c1. The quantitative estimate of drug-likeness (QED) is 0.794. The van der Waals surface area contributed by atoms with Crippen molar-refractivity contribution in [3.05, 3.63) is 29.8 Å². The number of hydrogen-bond donors (Lipinski definition) is 2. The predicted octanol–water partition coefficient (Wildman–Crippen LogP) is 1.25. The van der Waals surface area contributed by atoms with E-state index in [9.17, 15) is 4.79 Å². The maximum atomic E-state index is 11.7. The van der Waals surface area contributed by atoms with Crippen molar-refractivity contribution in [3.63, 3.8) is 0 Å². The smallest absolute Gasteiger partial charge is 0.221 e. The Hall–Kier alpha value is -1.59. The number of hydrogen-bond acceptors (Lipinski definition) is 4. The molecule has 2 rings (SSSR count). The largest absolute Gasteiger partial charge is 0.385 e. The van der Waals surface area contributed by atoms with Gasteiger partial charge in [0.15, 0.2) is 0 Å². The molecule has 116 valence electrons. The molecule has 1 heterocycles. The van der Waals surface area contributed by atoms with Crippen molar-refractivity contribution in [2.45, 2.75) is 13.3 Å². The van der Waals surface area contributed by atoms with Gasteiger partial charge in [0.1, 0.15) is 0 Å². The third-order valence-electron chi connectivity index (χ3n) is 3.55. The molecule has 1 amide bonds. The van der Waals surface area contributed by atoms with E-state index in [-0.39, 0.29) is 5.91 Å². The Morgan fingerprint density at radius 1 is 1.29 bits per heavy atom. The number of anilines is 1. The highest BCUT2D eigenvalue weighted by molar-refractivity contribution is 5.76. The van der Waals surface area contributed by atoms with Crippen LogP contribution in [0.1, 0.15) is 12.0 Å². The van der Waals surface area contributed by atoms with Crippen molar-refractivity contribution >= 4 is 11.6 Å². The molecule has 0 aliphatic carbocycles. The van der Waals surface area contributed by atoms with Crippen LogP contribution >= 0.6 is 0 Å². The van der Waals surface area contributed by atoms with E-state index in [1.165, 1.54) is 5.56 Å². The summed E-state index contributed by atoms with van der Waals surface area (Å²) in [5, 5.41) is 6.23. The Bertz CT molecular complexity index is 445. The van der Waals surface area contributed by atoms with Crippen molar-refractivity contribution in [2.24, 2.45) is 0 Å². The zero-order chi connectivity index (χ0) is 14.9. The van der Waals surface area contributed by atoms with E-state index in [1.807, 2.05) is 12.1 Å². The number of rotatable bonds is 7. The highest BCUT2D eigenvalue weighted by Gasteiger charge is 2.09. The van der Waals surface area contributed by atoms with E-state index in [2.05, 4.69) is 34.6 Å². The van der Waals surface area contributed by atoms with E-state index in [4.69, 9.17) is 4.74 Å². The van der Waals surface area contributed by atoms with E-state index in [0.29, 0.717) is 19.5 Å². The van der Waals surface area contributed by atoms with Gasteiger partial charge in [0.05, 0.1) is 13.2 Å². The van der Waals surface area contributed by atoms with E-state index >= 15 is 0 Å². The third kappa shape index (κ3) is 6.14. The first-order valence-corrected chi connectivity index (χ1v) is 7.61. The van der Waals surface area contributed by atoms with Crippen LogP contribution < -0.4 is 10.6 Å². The van der Waals surface area contributed by atoms with Gasteiger partial charge in [0.2, 0.25) is 5.91 Å². The molecule has 21 heavy (non-hydrogen) atoms. The standard InChI is InChI=1S/C16H25N3O2/c1-14-3-2-4-15(13-14)17-6-5-16(20)18-7-8-19-9-11-21-12-10-19/h2-4,13,17H,5-12H2,1H3,(H,18,20). The van der Waals surface area contributed by atoms with Crippen molar-refractivity contribution in [2.75, 3.05) is 51.3 Å². The van der Waals surface area contributed by atoms with Gasteiger partial charge in [-0.1, -0.05) is 12.1 Å². The lowest BCUT2D eigenvalue weighted by atomic mass is 10.2. The van der Waals surface area contributed by atoms with Gasteiger partial charge in [-0.2, -0.15) is 0 Å². The highest BCUT2D eigenvalue weighted by Crippen LogP contribution is 2.08. The molecule has 1 aromatic rings. The monoisotopic (exact) mass is 291 g/mol. The van der Waals surface area contributed by atoms with Crippen LogP contribution in [0, 0.1) is 6.92 Å². The van der Waals surface area contributed by atoms with Crippen molar-refractivity contribution < 1.29 is 9.53 Å². The van der Waals surface area contributed by atoms with Crippen molar-refractivity contribution in [3.8, 4) is 0 Å². The number of carbonyl (C=O) groups is 1. The average molecular weight is 291 g/mol. The molecule has 5 nitrogen and oxygen atoms in total. The molecule has 0 aromatic heterocycles. The molecule has 5 heteroatoms. The number of nitrogens with zero attached hydrogens (tertiary/aromatic N) is 1. The average Bonchev–Trinajstić information content (AvgIpc) is 2.48. The summed E-state index contributed by atoms with van der Waals surface area (Å²) in [5.74, 6) is 0.100. The number of amides is 1. The van der Waals surface area contributed by atoms with Crippen LogP contribution in [-0.4, -0.2) is 56.7 Å². The summed E-state index contributed by atoms with van der Waals surface area (Å²) >= 11 is 0. The number of nitrogens with one attached hydrogen (secondary N) is 2. The number of benzene rings is 1. The molecule has 0 bridgehead atoms. The Balaban J connectivity index is 1.55. The molecule has 0 unspecified atom stereocenters. The van der Waals surface area contributed by atoms with Crippen LogP contribution in [0.25, 0.3) is 0 Å². The fourth-order valence-electron chi connectivity index (χ4n) is 2.34. The summed E-state index contributed by atoms with van der Waals surface area (Å²) in [6.45, 7) is 7.86. The van der Waals surface area contributed by atoms with Crippen LogP contribution in [0.3, 0.4) is 0 Å². The van der Waals surface area contributed by atoms with Crippen molar-refractivity contribution in [1.29, 1.82) is 0 Å². The van der Waals surface area contributed by atoms with E-state index in [1.54, 1.807) is 0 Å². The van der Waals surface area contributed by atoms with Gasteiger partial charge in [0, 0.05) is 44.8 Å². The minimum atomic E-state index is 0.100. The van der Waals surface area contributed by atoms with Crippen molar-refractivity contribution in [1.82, 2.24) is 10.2 Å². The van der Waals surface area contributed by atoms with Gasteiger partial charge >= 0.3 is 0 Å². The maximum Gasteiger partial charge on any atom is 0.221 e. The van der Waals surface area contributed by atoms with E-state index < -0.39 is 0 Å². The molecule has 1 aromatic carbocycles. The Morgan fingerprint density at radius 3 is 2.86 bits per heavy atom. The summed E-state index contributed by atoms with van der Waals surface area (Å²) in [6, 6.07) is 8.17. The minimum Gasteiger partial charge on any atom is -0.385 e. The van der Waals surface area contributed by atoms with Gasteiger partial charge in [-0.05, 0) is 24.6 Å². The third-order valence-corrected chi connectivity index (χ3v) is 3.55. The summed E-state index contributed by atoms with van der Waals surface area (Å²) in [5.41, 5.74) is 2.28. The molecular weight excluding hydrogens is 266 g/mol. The molecule has 1 saturated heterocycles. The zero-order valence-corrected chi connectivity index (χ0v) is 12.7. The zero-order valence-electron chi connectivity index (χ0n) is 12.7. The first-order valence-electron chi connectivity index (χ1n) is 7.61. The molecule has 0 saturated carbocycles. The first kappa shape index (κ1) is 15.8. The van der Waals surface area contributed by atoms with Gasteiger partial charge in [-0.15, -0.1) is 0 Å². The first-order chi connectivity index (χ1) is 10.2. The number of carbonyl (C=O) groups excluding carboxylic acids is 1. The fraction of sp³-hybridized carbons (Fsp3) is 0.562. The molecule has 0 radical (unpaired) electrons. The van der Waals surface area contributed by atoms with Gasteiger partial charge < -0.3 is 15.4 Å². The van der Waals surface area contributed by atoms with Gasteiger partial charge in [-0.3, -0.25) is 9.69 Å². The highest BCUT2D eigenvalue weighted by atomic mass is 16.5. The van der Waals surface area contributed by atoms with Gasteiger partial charge in [-0.25, -0.2) is 0 Å². The molecule has 1 aliphatic heterocycles. The molecule has 0 spiro atoms. The maximum absolute atomic E-state index is 11.7. The Labute approximate surface area is 126 Å². The van der Waals surface area contributed by atoms with Gasteiger partial charge in [0.25, 0.3) is 0 Å². The summed E-state index contributed by atoms with van der Waals surface area (Å²) in [6.07, 6.45) is 0.497. The normalized spacial score (nSPS) is 15.7. The summed E-state index contributed by atoms with van der Waals surface area (Å²) < 4.78 is 5.29. The predicted molar refractivity (Wildman–Crippen MR) is 84.6 cm³/mol. The second-order valence-corrected chi connectivity index (χ2v) is 5.35. The van der Waals surface area contributed by atoms with Crippen LogP contribution in [0.4, 0.5) is 5.69 Å². The summed E-state index contributed by atoms with van der Waals surface area (Å²) in [4.78, 5) is 14.1. The number of aryl methyl sites for hydroxylation is 1.